The van der Waals surface area contributed by atoms with E-state index >= 15 is 0 Å². The highest BCUT2D eigenvalue weighted by Crippen LogP contribution is 2.68. The maximum absolute atomic E-state index is 12.0. The van der Waals surface area contributed by atoms with Crippen LogP contribution in [0.5, 0.6) is 0 Å². The van der Waals surface area contributed by atoms with Gasteiger partial charge in [0.2, 0.25) is 5.96 Å². The quantitative estimate of drug-likeness (QED) is 0.336. The van der Waals surface area contributed by atoms with Gasteiger partial charge in [-0.05, 0) is 81.0 Å². The Balaban J connectivity index is 1.60. The minimum atomic E-state index is -0.630. The van der Waals surface area contributed by atoms with Crippen LogP contribution in [0.25, 0.3) is 0 Å². The highest BCUT2D eigenvalue weighted by Gasteiger charge is 2.66. The first kappa shape index (κ1) is 19.2. The predicted octanol–water partition coefficient (Wildman–Crippen LogP) is 2.38. The summed E-state index contributed by atoms with van der Waals surface area (Å²) in [6.07, 6.45) is 10.9. The fourth-order valence-electron chi connectivity index (χ4n) is 7.66. The van der Waals surface area contributed by atoms with Crippen LogP contribution in [0.4, 0.5) is 0 Å². The zero-order chi connectivity index (χ0) is 19.4. The highest BCUT2D eigenvalue weighted by atomic mass is 16.3. The van der Waals surface area contributed by atoms with Crippen molar-refractivity contribution in [3.05, 3.63) is 0 Å². The molecule has 6 nitrogen and oxygen atoms in total. The third-order valence-corrected chi connectivity index (χ3v) is 9.32. The molecule has 6 heteroatoms. The molecular weight excluding hydrogens is 340 g/mol. The van der Waals surface area contributed by atoms with Gasteiger partial charge in [-0.15, -0.1) is 5.10 Å². The Kier molecular flexibility index (Phi) is 4.58. The van der Waals surface area contributed by atoms with E-state index in [1.54, 1.807) is 0 Å². The van der Waals surface area contributed by atoms with Crippen LogP contribution in [0.2, 0.25) is 0 Å². The SMILES string of the molecule is C[C@]12CC[C@H](O)C[C@H]1CC[C@@H]1[C@@H]2CC[C@]2(C)[C@@H](/C=N\N=C(N)N)CC[C@]12O. The Hall–Kier alpha value is -1.14. The Morgan fingerprint density at radius 2 is 1.78 bits per heavy atom. The number of aliphatic hydroxyl groups is 2. The molecule has 0 aromatic rings. The molecule has 4 aliphatic rings. The van der Waals surface area contributed by atoms with E-state index in [0.29, 0.717) is 17.8 Å². The molecule has 27 heavy (non-hydrogen) atoms. The number of aliphatic hydroxyl groups excluding tert-OH is 1. The van der Waals surface area contributed by atoms with Gasteiger partial charge in [0.15, 0.2) is 0 Å². The standard InChI is InChI=1S/C21H36N4O2/c1-19-8-6-15(26)11-13(19)3-4-17-16(19)7-9-20(2)14(5-10-21(17,20)27)12-24-25-18(22)23/h12-17,26-27H,3-11H2,1-2H3,(H4,22,23,25)/b24-12-/t13-,14-,15+,16+,17-,19+,20-,21+/m1/s1. The van der Waals surface area contributed by atoms with Crippen molar-refractivity contribution in [3.8, 4) is 0 Å². The lowest BCUT2D eigenvalue weighted by Gasteiger charge is -2.63. The van der Waals surface area contributed by atoms with Crippen LogP contribution >= 0.6 is 0 Å². The van der Waals surface area contributed by atoms with E-state index in [4.69, 9.17) is 11.5 Å². The number of nitrogens with two attached hydrogens (primary N) is 2. The second-order valence-corrected chi connectivity index (χ2v) is 10.2. The van der Waals surface area contributed by atoms with Gasteiger partial charge in [0.25, 0.3) is 0 Å². The second kappa shape index (κ2) is 6.45. The molecule has 152 valence electrons. The summed E-state index contributed by atoms with van der Waals surface area (Å²) in [6, 6.07) is 0. The summed E-state index contributed by atoms with van der Waals surface area (Å²) in [6.45, 7) is 4.69. The third kappa shape index (κ3) is 2.74. The normalized spacial score (nSPS) is 52.1. The molecule has 6 N–H and O–H groups in total. The summed E-state index contributed by atoms with van der Waals surface area (Å²) in [4.78, 5) is 0. The van der Waals surface area contributed by atoms with Gasteiger partial charge in [-0.3, -0.25) is 0 Å². The van der Waals surface area contributed by atoms with Crippen molar-refractivity contribution in [2.75, 3.05) is 0 Å². The molecule has 0 aliphatic heterocycles. The molecule has 0 spiro atoms. The Morgan fingerprint density at radius 1 is 1.00 bits per heavy atom. The molecule has 0 aromatic carbocycles. The first-order valence-electron chi connectivity index (χ1n) is 10.7. The molecule has 0 amide bonds. The number of guanidine groups is 1. The van der Waals surface area contributed by atoms with Crippen molar-refractivity contribution in [2.24, 2.45) is 56.2 Å². The Bertz CT molecular complexity index is 648. The van der Waals surface area contributed by atoms with Crippen LogP contribution in [0.15, 0.2) is 10.2 Å². The molecule has 0 unspecified atom stereocenters. The molecule has 0 heterocycles. The number of hydrogen-bond acceptors (Lipinski definition) is 4. The Labute approximate surface area is 162 Å². The van der Waals surface area contributed by atoms with Crippen molar-refractivity contribution < 1.29 is 10.2 Å². The summed E-state index contributed by atoms with van der Waals surface area (Å²) in [5, 5.41) is 30.0. The minimum absolute atomic E-state index is 0.0286. The smallest absolute Gasteiger partial charge is 0.211 e. The lowest BCUT2D eigenvalue weighted by atomic mass is 9.43. The van der Waals surface area contributed by atoms with Crippen molar-refractivity contribution in [1.82, 2.24) is 0 Å². The minimum Gasteiger partial charge on any atom is -0.393 e. The fourth-order valence-corrected chi connectivity index (χ4v) is 7.66. The number of nitrogens with zero attached hydrogens (tertiary/aromatic N) is 2. The van der Waals surface area contributed by atoms with Gasteiger partial charge >= 0.3 is 0 Å². The van der Waals surface area contributed by atoms with Gasteiger partial charge in [-0.2, -0.15) is 5.10 Å². The lowest BCUT2D eigenvalue weighted by Crippen LogP contribution is -2.62. The first-order chi connectivity index (χ1) is 12.7. The summed E-state index contributed by atoms with van der Waals surface area (Å²) in [5.41, 5.74) is 10.3. The molecule has 0 aromatic heterocycles. The molecule has 0 radical (unpaired) electrons. The summed E-state index contributed by atoms with van der Waals surface area (Å²) < 4.78 is 0. The predicted molar refractivity (Wildman–Crippen MR) is 107 cm³/mol. The van der Waals surface area contributed by atoms with Crippen LogP contribution in [0.1, 0.15) is 71.6 Å². The van der Waals surface area contributed by atoms with Crippen LogP contribution in [0.3, 0.4) is 0 Å². The highest BCUT2D eigenvalue weighted by molar-refractivity contribution is 5.76. The van der Waals surface area contributed by atoms with Crippen LogP contribution < -0.4 is 11.5 Å². The largest absolute Gasteiger partial charge is 0.393 e. The van der Waals surface area contributed by atoms with Gasteiger partial charge in [-0.1, -0.05) is 13.8 Å². The van der Waals surface area contributed by atoms with Crippen LogP contribution in [-0.2, 0) is 0 Å². The number of rotatable bonds is 2. The molecule has 4 fully saturated rings. The lowest BCUT2D eigenvalue weighted by molar-refractivity contribution is -0.206. The van der Waals surface area contributed by atoms with E-state index in [1.165, 1.54) is 6.42 Å². The van der Waals surface area contributed by atoms with Gasteiger partial charge < -0.3 is 21.7 Å². The van der Waals surface area contributed by atoms with E-state index in [1.807, 2.05) is 6.21 Å². The van der Waals surface area contributed by atoms with Crippen LogP contribution in [-0.4, -0.2) is 34.1 Å². The average Bonchev–Trinajstić information content (AvgIpc) is 2.87. The summed E-state index contributed by atoms with van der Waals surface area (Å²) in [7, 11) is 0. The number of fused-ring (bicyclic) bond motifs is 5. The molecule has 4 saturated carbocycles. The second-order valence-electron chi connectivity index (χ2n) is 10.2. The van der Waals surface area contributed by atoms with Crippen molar-refractivity contribution in [3.63, 3.8) is 0 Å². The topological polar surface area (TPSA) is 117 Å². The maximum atomic E-state index is 12.0. The molecule has 0 bridgehead atoms. The fraction of sp³-hybridized carbons (Fsp3) is 0.905. The third-order valence-electron chi connectivity index (χ3n) is 9.32. The van der Waals surface area contributed by atoms with Crippen molar-refractivity contribution in [2.45, 2.75) is 83.3 Å². The van der Waals surface area contributed by atoms with E-state index in [0.717, 1.165) is 51.4 Å². The van der Waals surface area contributed by atoms with Crippen molar-refractivity contribution >= 4 is 12.2 Å². The maximum Gasteiger partial charge on any atom is 0.211 e. The monoisotopic (exact) mass is 376 g/mol. The summed E-state index contributed by atoms with van der Waals surface area (Å²) in [5.74, 6) is 1.71. The van der Waals surface area contributed by atoms with E-state index in [-0.39, 0.29) is 28.8 Å². The van der Waals surface area contributed by atoms with Gasteiger partial charge in [0.05, 0.1) is 11.7 Å². The van der Waals surface area contributed by atoms with E-state index < -0.39 is 5.60 Å². The number of hydrogen-bond donors (Lipinski definition) is 4. The average molecular weight is 377 g/mol. The first-order valence-corrected chi connectivity index (χ1v) is 10.7. The zero-order valence-corrected chi connectivity index (χ0v) is 16.8. The van der Waals surface area contributed by atoms with Gasteiger partial charge in [0.1, 0.15) is 0 Å². The van der Waals surface area contributed by atoms with Crippen molar-refractivity contribution in [1.29, 1.82) is 0 Å². The summed E-state index contributed by atoms with van der Waals surface area (Å²) >= 11 is 0. The molecule has 4 rings (SSSR count). The molecule has 4 aliphatic carbocycles. The van der Waals surface area contributed by atoms with Gasteiger partial charge in [-0.25, -0.2) is 0 Å². The zero-order valence-electron chi connectivity index (χ0n) is 16.8. The van der Waals surface area contributed by atoms with Crippen LogP contribution in [0, 0.1) is 34.5 Å². The van der Waals surface area contributed by atoms with E-state index in [2.05, 4.69) is 24.1 Å². The molecular formula is C21H36N4O2. The molecule has 8 atom stereocenters. The van der Waals surface area contributed by atoms with E-state index in [9.17, 15) is 10.2 Å². The molecule has 0 saturated heterocycles. The van der Waals surface area contributed by atoms with Gasteiger partial charge in [0, 0.05) is 17.5 Å². The Morgan fingerprint density at radius 3 is 2.52 bits per heavy atom.